The van der Waals surface area contributed by atoms with Crippen LogP contribution in [0, 0.1) is 0 Å². The molecule has 188 valence electrons. The average molecular weight is 534 g/mol. The van der Waals surface area contributed by atoms with E-state index < -0.39 is 21.4 Å². The highest BCUT2D eigenvalue weighted by Gasteiger charge is 2.28. The molecule has 0 bridgehead atoms. The van der Waals surface area contributed by atoms with Gasteiger partial charge in [0, 0.05) is 23.0 Å². The average Bonchev–Trinajstić information content (AvgIpc) is 3.50. The van der Waals surface area contributed by atoms with Crippen LogP contribution in [0.5, 0.6) is 5.88 Å². The predicted molar refractivity (Wildman–Crippen MR) is 142 cm³/mol. The van der Waals surface area contributed by atoms with Crippen LogP contribution in [0.2, 0.25) is 0 Å². The third-order valence-electron chi connectivity index (χ3n) is 5.94. The molecule has 3 aromatic carbocycles. The van der Waals surface area contributed by atoms with Gasteiger partial charge in [0.2, 0.25) is 15.9 Å². The standard InChI is InChI=1S/C26H23N5O4S2/c27-24(32)22-15-36-26(29-22)31-25(33)21(13-16-9-11-20(12-10-16)37(28,34)35)23(30-31)19-8-4-7-18(14-19)17-5-2-1-3-6-17/h1-12,14-15,26,29,33H,13H2,(H2,27,32)(H2,28,34,35). The lowest BCUT2D eigenvalue weighted by atomic mass is 9.98. The van der Waals surface area contributed by atoms with Gasteiger partial charge in [-0.15, -0.1) is 0 Å². The molecule has 0 aliphatic carbocycles. The Labute approximate surface area is 217 Å². The third kappa shape index (κ3) is 5.10. The highest BCUT2D eigenvalue weighted by atomic mass is 32.2. The normalized spacial score (nSPS) is 15.3. The molecule has 0 saturated carbocycles. The zero-order valence-electron chi connectivity index (χ0n) is 19.4. The molecule has 1 unspecified atom stereocenters. The number of amides is 1. The highest BCUT2D eigenvalue weighted by Crippen LogP contribution is 2.39. The number of carbonyl (C=O) groups is 1. The summed E-state index contributed by atoms with van der Waals surface area (Å²) < 4.78 is 24.7. The van der Waals surface area contributed by atoms with Crippen LogP contribution in [0.25, 0.3) is 22.4 Å². The number of nitrogens with two attached hydrogens (primary N) is 2. The summed E-state index contributed by atoms with van der Waals surface area (Å²) in [7, 11) is -3.82. The van der Waals surface area contributed by atoms with Crippen molar-refractivity contribution < 1.29 is 18.3 Å². The lowest BCUT2D eigenvalue weighted by molar-refractivity contribution is -0.114. The number of thioether (sulfide) groups is 1. The molecule has 0 fully saturated rings. The van der Waals surface area contributed by atoms with Gasteiger partial charge in [0.05, 0.1) is 10.6 Å². The first-order chi connectivity index (χ1) is 17.7. The Morgan fingerprint density at radius 2 is 1.68 bits per heavy atom. The Kier molecular flexibility index (Phi) is 6.50. The molecule has 1 atom stereocenters. The van der Waals surface area contributed by atoms with Crippen molar-refractivity contribution in [1.82, 2.24) is 15.1 Å². The third-order valence-corrected chi connectivity index (χ3v) is 7.81. The molecule has 5 rings (SSSR count). The number of benzene rings is 3. The minimum atomic E-state index is -3.82. The van der Waals surface area contributed by atoms with Crippen molar-refractivity contribution >= 4 is 27.7 Å². The molecule has 0 saturated heterocycles. The van der Waals surface area contributed by atoms with Gasteiger partial charge in [0.15, 0.2) is 5.50 Å². The molecular weight excluding hydrogens is 510 g/mol. The van der Waals surface area contributed by atoms with Crippen molar-refractivity contribution in [3.8, 4) is 28.3 Å². The fourth-order valence-corrected chi connectivity index (χ4v) is 5.50. The van der Waals surface area contributed by atoms with E-state index in [2.05, 4.69) is 5.32 Å². The van der Waals surface area contributed by atoms with Gasteiger partial charge in [-0.1, -0.05) is 72.4 Å². The molecule has 1 aromatic heterocycles. The Balaban J connectivity index is 1.57. The monoisotopic (exact) mass is 533 g/mol. The number of aromatic hydroxyl groups is 1. The Hall–Kier alpha value is -4.06. The Morgan fingerprint density at radius 1 is 1.00 bits per heavy atom. The highest BCUT2D eigenvalue weighted by molar-refractivity contribution is 8.02. The van der Waals surface area contributed by atoms with Gasteiger partial charge >= 0.3 is 0 Å². The molecule has 37 heavy (non-hydrogen) atoms. The summed E-state index contributed by atoms with van der Waals surface area (Å²) in [5.74, 6) is -0.688. The van der Waals surface area contributed by atoms with Gasteiger partial charge in [-0.25, -0.2) is 13.6 Å². The number of carbonyl (C=O) groups excluding carboxylic acids is 1. The number of nitrogens with zero attached hydrogens (tertiary/aromatic N) is 2. The summed E-state index contributed by atoms with van der Waals surface area (Å²) in [5, 5.41) is 25.8. The van der Waals surface area contributed by atoms with E-state index in [1.807, 2.05) is 54.6 Å². The molecule has 9 nitrogen and oxygen atoms in total. The maximum absolute atomic E-state index is 11.6. The van der Waals surface area contributed by atoms with Gasteiger partial charge < -0.3 is 16.2 Å². The lowest BCUT2D eigenvalue weighted by Crippen LogP contribution is -2.27. The molecule has 1 amide bonds. The van der Waals surface area contributed by atoms with Crippen molar-refractivity contribution in [1.29, 1.82) is 0 Å². The number of sulfonamides is 1. The SMILES string of the molecule is NC(=O)C1=CSC(n2nc(-c3cccc(-c4ccccc4)c3)c(Cc3ccc(S(N)(=O)=O)cc3)c2O)N1. The van der Waals surface area contributed by atoms with Crippen LogP contribution in [0.15, 0.2) is 94.9 Å². The summed E-state index contributed by atoms with van der Waals surface area (Å²) in [4.78, 5) is 11.6. The number of aromatic nitrogens is 2. The zero-order valence-corrected chi connectivity index (χ0v) is 21.0. The predicted octanol–water partition coefficient (Wildman–Crippen LogP) is 3.28. The molecule has 2 heterocycles. The van der Waals surface area contributed by atoms with Crippen molar-refractivity contribution in [2.24, 2.45) is 10.9 Å². The maximum atomic E-state index is 11.6. The van der Waals surface area contributed by atoms with Crippen LogP contribution in [-0.2, 0) is 21.2 Å². The smallest absolute Gasteiger partial charge is 0.265 e. The van der Waals surface area contributed by atoms with E-state index in [0.29, 0.717) is 11.3 Å². The van der Waals surface area contributed by atoms with E-state index in [1.165, 1.54) is 28.6 Å². The summed E-state index contributed by atoms with van der Waals surface area (Å²) in [6.07, 6.45) is 0.273. The van der Waals surface area contributed by atoms with E-state index in [1.54, 1.807) is 17.5 Å². The minimum Gasteiger partial charge on any atom is -0.493 e. The number of nitrogens with one attached hydrogen (secondary N) is 1. The second-order valence-electron chi connectivity index (χ2n) is 8.44. The number of hydrogen-bond acceptors (Lipinski definition) is 7. The number of hydrogen-bond donors (Lipinski definition) is 4. The lowest BCUT2D eigenvalue weighted by Gasteiger charge is -2.13. The van der Waals surface area contributed by atoms with Crippen molar-refractivity contribution in [2.45, 2.75) is 16.8 Å². The van der Waals surface area contributed by atoms with Gasteiger partial charge in [-0.3, -0.25) is 4.79 Å². The van der Waals surface area contributed by atoms with E-state index in [4.69, 9.17) is 16.0 Å². The van der Waals surface area contributed by atoms with Crippen molar-refractivity contribution in [2.75, 3.05) is 0 Å². The van der Waals surface area contributed by atoms with Crippen LogP contribution in [0.4, 0.5) is 0 Å². The Bertz CT molecular complexity index is 1610. The molecular formula is C26H23N5O4S2. The molecule has 0 radical (unpaired) electrons. The first-order valence-corrected chi connectivity index (χ1v) is 13.7. The fourth-order valence-electron chi connectivity index (χ4n) is 4.08. The molecule has 0 spiro atoms. The van der Waals surface area contributed by atoms with Crippen LogP contribution >= 0.6 is 11.8 Å². The number of rotatable bonds is 7. The van der Waals surface area contributed by atoms with Crippen LogP contribution in [0.3, 0.4) is 0 Å². The van der Waals surface area contributed by atoms with Crippen LogP contribution in [-0.4, -0.2) is 29.2 Å². The van der Waals surface area contributed by atoms with Gasteiger partial charge in [-0.05, 0) is 34.9 Å². The summed E-state index contributed by atoms with van der Waals surface area (Å²) in [6, 6.07) is 23.9. The maximum Gasteiger partial charge on any atom is 0.265 e. The largest absolute Gasteiger partial charge is 0.493 e. The van der Waals surface area contributed by atoms with Crippen LogP contribution in [0.1, 0.15) is 16.6 Å². The number of primary amides is 1. The summed E-state index contributed by atoms with van der Waals surface area (Å²) in [5.41, 5.74) is 9.73. The van der Waals surface area contributed by atoms with E-state index in [-0.39, 0.29) is 22.9 Å². The molecule has 1 aliphatic heterocycles. The molecule has 6 N–H and O–H groups in total. The second kappa shape index (κ2) is 9.77. The second-order valence-corrected chi connectivity index (χ2v) is 11.0. The Morgan fingerprint density at radius 3 is 2.32 bits per heavy atom. The zero-order chi connectivity index (χ0) is 26.2. The number of primary sulfonamides is 1. The molecule has 4 aromatic rings. The van der Waals surface area contributed by atoms with E-state index in [0.717, 1.165) is 22.3 Å². The minimum absolute atomic E-state index is 0.00330. The van der Waals surface area contributed by atoms with E-state index in [9.17, 15) is 18.3 Å². The van der Waals surface area contributed by atoms with Crippen molar-refractivity contribution in [3.63, 3.8) is 0 Å². The van der Waals surface area contributed by atoms with Gasteiger partial charge in [-0.2, -0.15) is 9.78 Å². The topological polar surface area (TPSA) is 153 Å². The molecule has 11 heteroatoms. The fraction of sp³-hybridized carbons (Fsp3) is 0.0769. The van der Waals surface area contributed by atoms with Crippen molar-refractivity contribution in [3.05, 3.63) is 101 Å². The van der Waals surface area contributed by atoms with Gasteiger partial charge in [0.25, 0.3) is 5.91 Å². The summed E-state index contributed by atoms with van der Waals surface area (Å²) >= 11 is 1.26. The summed E-state index contributed by atoms with van der Waals surface area (Å²) in [6.45, 7) is 0. The van der Waals surface area contributed by atoms with Crippen LogP contribution < -0.4 is 16.2 Å². The quantitative estimate of drug-likeness (QED) is 0.284. The molecule has 1 aliphatic rings. The first-order valence-electron chi connectivity index (χ1n) is 11.2. The first kappa shape index (κ1) is 24.6. The van der Waals surface area contributed by atoms with E-state index >= 15 is 0 Å². The van der Waals surface area contributed by atoms with Gasteiger partial charge in [0.1, 0.15) is 5.70 Å².